The lowest BCUT2D eigenvalue weighted by molar-refractivity contribution is -0.147. The maximum atomic E-state index is 12.7. The molecule has 0 spiro atoms. The molecule has 1 heterocycles. The molecule has 3 aromatic rings. The third kappa shape index (κ3) is 4.02. The van der Waals surface area contributed by atoms with Crippen LogP contribution in [0.3, 0.4) is 0 Å². The molecule has 1 aromatic heterocycles. The highest BCUT2D eigenvalue weighted by Gasteiger charge is 2.53. The van der Waals surface area contributed by atoms with Gasteiger partial charge in [-0.1, -0.05) is 12.1 Å². The number of carboxylic acids is 1. The van der Waals surface area contributed by atoms with E-state index in [0.29, 0.717) is 23.5 Å². The number of thioether (sulfide) groups is 1. The van der Waals surface area contributed by atoms with Crippen LogP contribution in [-0.4, -0.2) is 28.7 Å². The molecule has 1 saturated carbocycles. The van der Waals surface area contributed by atoms with E-state index in [1.54, 1.807) is 23.9 Å². The predicted molar refractivity (Wildman–Crippen MR) is 123 cm³/mol. The van der Waals surface area contributed by atoms with Crippen LogP contribution in [0.4, 0.5) is 0 Å². The van der Waals surface area contributed by atoms with E-state index in [1.165, 1.54) is 16.2 Å². The van der Waals surface area contributed by atoms with E-state index in [2.05, 4.69) is 12.1 Å². The van der Waals surface area contributed by atoms with Gasteiger partial charge in [0.1, 0.15) is 5.75 Å². The van der Waals surface area contributed by atoms with E-state index >= 15 is 0 Å². The number of fused-ring (bicyclic) bond motifs is 1. The summed E-state index contributed by atoms with van der Waals surface area (Å²) in [6.45, 7) is 3.80. The third-order valence-corrected chi connectivity index (χ3v) is 7.11. The van der Waals surface area contributed by atoms with Gasteiger partial charge in [-0.3, -0.25) is 4.79 Å². The van der Waals surface area contributed by atoms with Crippen LogP contribution in [0.5, 0.6) is 5.75 Å². The fourth-order valence-corrected chi connectivity index (χ4v) is 4.96. The lowest BCUT2D eigenvalue weighted by Gasteiger charge is -2.18. The molecule has 1 aliphatic carbocycles. The minimum atomic E-state index is -1.07. The van der Waals surface area contributed by atoms with E-state index < -0.39 is 11.6 Å². The zero-order valence-electron chi connectivity index (χ0n) is 17.0. The van der Waals surface area contributed by atoms with Crippen LogP contribution >= 0.6 is 23.1 Å². The van der Waals surface area contributed by atoms with Crippen molar-refractivity contribution in [2.24, 2.45) is 0 Å². The van der Waals surface area contributed by atoms with Gasteiger partial charge in [0.25, 0.3) is 0 Å². The van der Waals surface area contributed by atoms with Crippen molar-refractivity contribution in [2.45, 2.75) is 37.2 Å². The number of benzene rings is 2. The fraction of sp³-hybridized carbons (Fsp3) is 0.250. The van der Waals surface area contributed by atoms with E-state index in [-0.39, 0.29) is 5.78 Å². The van der Waals surface area contributed by atoms with Crippen molar-refractivity contribution in [1.82, 2.24) is 0 Å². The smallest absolute Gasteiger partial charge is 0.348 e. The molecule has 1 aliphatic rings. The zero-order chi connectivity index (χ0) is 21.5. The Kier molecular flexibility index (Phi) is 5.47. The number of hydrogen-bond donors (Lipinski definition) is 1. The average Bonchev–Trinajstić information content (AvgIpc) is 3.39. The van der Waals surface area contributed by atoms with Crippen molar-refractivity contribution in [2.75, 3.05) is 6.26 Å². The molecule has 154 valence electrons. The molecule has 0 bridgehead atoms. The number of aryl methyl sites for hydroxylation is 2. The van der Waals surface area contributed by atoms with Crippen LogP contribution in [0.25, 0.3) is 16.2 Å². The molecule has 4 nitrogen and oxygen atoms in total. The first-order chi connectivity index (χ1) is 14.3. The maximum Gasteiger partial charge on any atom is 0.348 e. The molecule has 0 amide bonds. The van der Waals surface area contributed by atoms with E-state index in [0.717, 1.165) is 26.8 Å². The van der Waals surface area contributed by atoms with Crippen molar-refractivity contribution < 1.29 is 19.4 Å². The molecule has 0 saturated heterocycles. The molecule has 0 aliphatic heterocycles. The molecule has 1 fully saturated rings. The quantitative estimate of drug-likeness (QED) is 0.273. The highest BCUT2D eigenvalue weighted by Crippen LogP contribution is 2.42. The van der Waals surface area contributed by atoms with E-state index in [1.807, 2.05) is 44.4 Å². The highest BCUT2D eigenvalue weighted by atomic mass is 32.2. The number of carboxylic acid groups (broad SMARTS) is 1. The maximum absolute atomic E-state index is 12.7. The average molecular weight is 439 g/mol. The summed E-state index contributed by atoms with van der Waals surface area (Å²) in [6, 6.07) is 12.0. The van der Waals surface area contributed by atoms with Crippen LogP contribution in [0.15, 0.2) is 47.4 Å². The van der Waals surface area contributed by atoms with Crippen molar-refractivity contribution in [3.05, 3.63) is 64.0 Å². The van der Waals surface area contributed by atoms with Crippen molar-refractivity contribution >= 4 is 51.0 Å². The number of ether oxygens (including phenoxy) is 1. The molecule has 0 atom stereocenters. The minimum absolute atomic E-state index is 0.0275. The Balaban J connectivity index is 1.53. The summed E-state index contributed by atoms with van der Waals surface area (Å²) in [5.41, 5.74) is 1.54. The van der Waals surface area contributed by atoms with Gasteiger partial charge in [0.2, 0.25) is 5.60 Å². The first-order valence-corrected chi connectivity index (χ1v) is 11.7. The highest BCUT2D eigenvalue weighted by molar-refractivity contribution is 7.98. The van der Waals surface area contributed by atoms with Crippen LogP contribution in [0.1, 0.15) is 39.2 Å². The first kappa shape index (κ1) is 20.7. The molecule has 6 heteroatoms. The fourth-order valence-electron chi connectivity index (χ4n) is 3.42. The molecular weight excluding hydrogens is 416 g/mol. The largest absolute Gasteiger partial charge is 0.478 e. The van der Waals surface area contributed by atoms with Gasteiger partial charge in [-0.05, 0) is 78.6 Å². The third-order valence-electron chi connectivity index (χ3n) is 5.27. The van der Waals surface area contributed by atoms with Gasteiger partial charge in [-0.25, -0.2) is 4.79 Å². The Bertz CT molecular complexity index is 1160. The summed E-state index contributed by atoms with van der Waals surface area (Å²) in [4.78, 5) is 26.0. The molecular formula is C24H22O4S2. The topological polar surface area (TPSA) is 63.6 Å². The number of allylic oxidation sites excluding steroid dienone is 1. The summed E-state index contributed by atoms with van der Waals surface area (Å²) >= 11 is 3.19. The van der Waals surface area contributed by atoms with Gasteiger partial charge < -0.3 is 9.84 Å². The summed E-state index contributed by atoms with van der Waals surface area (Å²) in [6.07, 6.45) is 6.49. The molecule has 30 heavy (non-hydrogen) atoms. The van der Waals surface area contributed by atoms with Gasteiger partial charge >= 0.3 is 5.97 Å². The van der Waals surface area contributed by atoms with Gasteiger partial charge in [-0.15, -0.1) is 23.1 Å². The number of carbonyl (C=O) groups is 2. The Hall–Kier alpha value is -2.57. The number of hydrogen-bond acceptors (Lipinski definition) is 5. The summed E-state index contributed by atoms with van der Waals surface area (Å²) < 4.78 is 6.96. The Morgan fingerprint density at radius 3 is 2.43 bits per heavy atom. The second kappa shape index (κ2) is 7.93. The first-order valence-electron chi connectivity index (χ1n) is 9.65. The Morgan fingerprint density at radius 1 is 1.13 bits per heavy atom. The van der Waals surface area contributed by atoms with Crippen LogP contribution in [0, 0.1) is 13.8 Å². The van der Waals surface area contributed by atoms with Gasteiger partial charge in [0.05, 0.1) is 4.88 Å². The van der Waals surface area contributed by atoms with Crippen molar-refractivity contribution in [3.8, 4) is 5.75 Å². The second-order valence-corrected chi connectivity index (χ2v) is 9.56. The van der Waals surface area contributed by atoms with E-state index in [4.69, 9.17) is 4.74 Å². The zero-order valence-corrected chi connectivity index (χ0v) is 18.7. The van der Waals surface area contributed by atoms with Crippen molar-refractivity contribution in [3.63, 3.8) is 0 Å². The molecule has 1 N–H and O–H groups in total. The van der Waals surface area contributed by atoms with Gasteiger partial charge in [0, 0.05) is 22.4 Å². The number of aliphatic carboxylic acids is 1. The van der Waals surface area contributed by atoms with Gasteiger partial charge in [-0.2, -0.15) is 0 Å². The normalized spacial score (nSPS) is 14.9. The lowest BCUT2D eigenvalue weighted by atomic mass is 10.0. The van der Waals surface area contributed by atoms with Crippen molar-refractivity contribution in [1.29, 1.82) is 0 Å². The number of rotatable bonds is 7. The summed E-state index contributed by atoms with van der Waals surface area (Å²) in [7, 11) is 0. The molecule has 4 rings (SSSR count). The van der Waals surface area contributed by atoms with Gasteiger partial charge in [0.15, 0.2) is 5.78 Å². The van der Waals surface area contributed by atoms with Crippen LogP contribution < -0.4 is 4.74 Å². The summed E-state index contributed by atoms with van der Waals surface area (Å²) in [5, 5.41) is 10.4. The SMILES string of the molecule is CSc1ccc2cc(C(=O)/C=C/c3cc(C)c(OC4(C(=O)O)CC4)c(C)c3)sc2c1. The number of carbonyl (C=O) groups excluding carboxylic acids is 1. The van der Waals surface area contributed by atoms with E-state index in [9.17, 15) is 14.7 Å². The molecule has 0 unspecified atom stereocenters. The molecule has 2 aromatic carbocycles. The second-order valence-electron chi connectivity index (χ2n) is 7.60. The summed E-state index contributed by atoms with van der Waals surface area (Å²) in [5.74, 6) is -0.323. The van der Waals surface area contributed by atoms with Crippen LogP contribution in [-0.2, 0) is 4.79 Å². The Labute approximate surface area is 183 Å². The lowest BCUT2D eigenvalue weighted by Crippen LogP contribution is -2.29. The standard InChI is InChI=1S/C24H22O4S2/c1-14-10-16(11-15(2)22(14)28-24(8-9-24)23(26)27)4-7-19(25)21-12-17-5-6-18(29-3)13-20(17)30-21/h4-7,10-13H,8-9H2,1-3H3,(H,26,27)/b7-4+. The number of ketones is 1. The minimum Gasteiger partial charge on any atom is -0.478 e. The predicted octanol–water partition coefficient (Wildman–Crippen LogP) is 6.13. The number of thiophene rings is 1. The monoisotopic (exact) mass is 438 g/mol. The molecule has 0 radical (unpaired) electrons. The Morgan fingerprint density at radius 2 is 1.83 bits per heavy atom. The van der Waals surface area contributed by atoms with Crippen LogP contribution in [0.2, 0.25) is 0 Å².